The lowest BCUT2D eigenvalue weighted by atomic mass is 9.78. The average Bonchev–Trinajstić information content (AvgIpc) is 2.56. The fourth-order valence-corrected chi connectivity index (χ4v) is 3.05. The first-order chi connectivity index (χ1) is 12.1. The Morgan fingerprint density at radius 2 is 1.88 bits per heavy atom. The Balaban J connectivity index is 3.88. The molecular formula is C23H27NO2. The highest BCUT2D eigenvalue weighted by Crippen LogP contribution is 2.39. The molecule has 1 N–H and O–H groups in total. The van der Waals surface area contributed by atoms with E-state index in [0.717, 1.165) is 22.3 Å². The minimum atomic E-state index is -0.447. The number of allylic oxidation sites excluding steroid dienone is 6. The third-order valence-electron chi connectivity index (χ3n) is 4.40. The quantitative estimate of drug-likeness (QED) is 0.399. The number of benzene rings is 1. The molecular weight excluding hydrogens is 322 g/mol. The molecule has 0 aromatic heterocycles. The predicted octanol–water partition coefficient (Wildman–Crippen LogP) is 5.84. The molecule has 0 aliphatic heterocycles. The zero-order valence-electron chi connectivity index (χ0n) is 16.5. The lowest BCUT2D eigenvalue weighted by molar-refractivity contribution is -0.113. The molecule has 1 rings (SSSR count). The number of aliphatic hydroxyl groups is 1. The number of Topliss-reactive ketones (excluding diaryl/α,β-unsaturated/α-hetero) is 1. The zero-order valence-corrected chi connectivity index (χ0v) is 16.5. The van der Waals surface area contributed by atoms with Crippen LogP contribution < -0.4 is 0 Å². The molecule has 0 unspecified atom stereocenters. The van der Waals surface area contributed by atoms with E-state index in [4.69, 9.17) is 5.26 Å². The number of aliphatic hydroxyl groups excluding tert-OH is 1. The van der Waals surface area contributed by atoms with Crippen molar-refractivity contribution in [1.29, 1.82) is 5.26 Å². The second kappa shape index (κ2) is 9.01. The summed E-state index contributed by atoms with van der Waals surface area (Å²) in [4.78, 5) is 12.5. The van der Waals surface area contributed by atoms with Crippen LogP contribution in [0.1, 0.15) is 57.2 Å². The Labute approximate surface area is 156 Å². The Morgan fingerprint density at radius 3 is 2.27 bits per heavy atom. The lowest BCUT2D eigenvalue weighted by Crippen LogP contribution is -2.16. The van der Waals surface area contributed by atoms with Gasteiger partial charge in [0.1, 0.15) is 5.76 Å². The van der Waals surface area contributed by atoms with E-state index in [1.807, 2.05) is 52.8 Å². The number of aryl methyl sites for hydroxylation is 1. The van der Waals surface area contributed by atoms with Crippen molar-refractivity contribution in [2.24, 2.45) is 0 Å². The molecule has 1 aromatic carbocycles. The van der Waals surface area contributed by atoms with Gasteiger partial charge in [-0.1, -0.05) is 35.9 Å². The Hall–Kier alpha value is -2.86. The van der Waals surface area contributed by atoms with Gasteiger partial charge in [-0.3, -0.25) is 4.79 Å². The van der Waals surface area contributed by atoms with Crippen molar-refractivity contribution in [2.45, 2.75) is 47.5 Å². The number of ketones is 1. The smallest absolute Gasteiger partial charge is 0.156 e. The van der Waals surface area contributed by atoms with Gasteiger partial charge in [0.25, 0.3) is 0 Å². The van der Waals surface area contributed by atoms with Crippen molar-refractivity contribution >= 4 is 5.78 Å². The minimum Gasteiger partial charge on any atom is -0.508 e. The molecule has 3 heteroatoms. The molecule has 0 spiro atoms. The molecule has 0 fully saturated rings. The maximum absolute atomic E-state index is 12.5. The van der Waals surface area contributed by atoms with Gasteiger partial charge in [0, 0.05) is 17.1 Å². The van der Waals surface area contributed by atoms with Gasteiger partial charge in [0.2, 0.25) is 0 Å². The van der Waals surface area contributed by atoms with Crippen molar-refractivity contribution in [3.8, 4) is 6.07 Å². The summed E-state index contributed by atoms with van der Waals surface area (Å²) in [7, 11) is 0. The van der Waals surface area contributed by atoms with Crippen LogP contribution in [0.5, 0.6) is 0 Å². The molecule has 0 bridgehead atoms. The summed E-state index contributed by atoms with van der Waals surface area (Å²) >= 11 is 0. The molecule has 3 nitrogen and oxygen atoms in total. The topological polar surface area (TPSA) is 61.1 Å². The molecule has 0 aliphatic carbocycles. The van der Waals surface area contributed by atoms with E-state index in [1.165, 1.54) is 6.92 Å². The number of nitriles is 1. The SMILES string of the molecule is C=C(O)/C(=C\C(C)=C/C)[C@H](C(C(C)=O)=C(C)C)c1ccc(C#N)cc1C. The lowest BCUT2D eigenvalue weighted by Gasteiger charge is -2.25. The molecule has 0 saturated carbocycles. The van der Waals surface area contributed by atoms with Gasteiger partial charge >= 0.3 is 0 Å². The molecule has 1 aromatic rings. The highest BCUT2D eigenvalue weighted by atomic mass is 16.3. The van der Waals surface area contributed by atoms with Crippen LogP contribution >= 0.6 is 0 Å². The first-order valence-corrected chi connectivity index (χ1v) is 8.55. The summed E-state index contributed by atoms with van der Waals surface area (Å²) in [6.07, 6.45) is 3.79. The van der Waals surface area contributed by atoms with Crippen molar-refractivity contribution in [2.75, 3.05) is 0 Å². The molecule has 136 valence electrons. The molecule has 0 heterocycles. The van der Waals surface area contributed by atoms with E-state index in [1.54, 1.807) is 12.1 Å². The first kappa shape index (κ1) is 21.2. The second-order valence-corrected chi connectivity index (χ2v) is 6.67. The largest absolute Gasteiger partial charge is 0.508 e. The van der Waals surface area contributed by atoms with E-state index in [9.17, 15) is 9.90 Å². The minimum absolute atomic E-state index is 0.0518. The van der Waals surface area contributed by atoms with Gasteiger partial charge in [0.15, 0.2) is 5.78 Å². The van der Waals surface area contributed by atoms with Gasteiger partial charge in [-0.05, 0) is 64.8 Å². The van der Waals surface area contributed by atoms with Crippen LogP contribution in [0.3, 0.4) is 0 Å². The van der Waals surface area contributed by atoms with Gasteiger partial charge in [-0.25, -0.2) is 0 Å². The van der Waals surface area contributed by atoms with Crippen molar-refractivity contribution in [1.82, 2.24) is 0 Å². The average molecular weight is 349 g/mol. The highest BCUT2D eigenvalue weighted by molar-refractivity contribution is 5.96. The molecule has 0 radical (unpaired) electrons. The van der Waals surface area contributed by atoms with Crippen LogP contribution in [0, 0.1) is 18.3 Å². The van der Waals surface area contributed by atoms with Crippen molar-refractivity contribution in [3.63, 3.8) is 0 Å². The first-order valence-electron chi connectivity index (χ1n) is 8.55. The van der Waals surface area contributed by atoms with E-state index in [2.05, 4.69) is 12.6 Å². The Kier molecular flexibility index (Phi) is 7.34. The summed E-state index contributed by atoms with van der Waals surface area (Å²) in [6, 6.07) is 7.52. The number of hydrogen-bond donors (Lipinski definition) is 1. The van der Waals surface area contributed by atoms with E-state index < -0.39 is 5.92 Å². The number of carbonyl (C=O) groups excluding carboxylic acids is 1. The van der Waals surface area contributed by atoms with E-state index in [0.29, 0.717) is 16.7 Å². The fourth-order valence-electron chi connectivity index (χ4n) is 3.05. The molecule has 1 atom stereocenters. The Morgan fingerprint density at radius 1 is 1.27 bits per heavy atom. The van der Waals surface area contributed by atoms with Crippen LogP contribution in [0.2, 0.25) is 0 Å². The van der Waals surface area contributed by atoms with E-state index >= 15 is 0 Å². The highest BCUT2D eigenvalue weighted by Gasteiger charge is 2.28. The van der Waals surface area contributed by atoms with Crippen LogP contribution in [0.25, 0.3) is 0 Å². The summed E-state index contributed by atoms with van der Waals surface area (Å²) in [5.74, 6) is -0.568. The normalized spacial score (nSPS) is 13.0. The molecule has 0 aliphatic rings. The summed E-state index contributed by atoms with van der Waals surface area (Å²) in [5, 5.41) is 19.5. The van der Waals surface area contributed by atoms with Crippen LogP contribution in [0.15, 0.2) is 65.0 Å². The van der Waals surface area contributed by atoms with Crippen LogP contribution in [-0.2, 0) is 4.79 Å². The monoisotopic (exact) mass is 349 g/mol. The number of hydrogen-bond acceptors (Lipinski definition) is 3. The maximum Gasteiger partial charge on any atom is 0.156 e. The van der Waals surface area contributed by atoms with E-state index in [-0.39, 0.29) is 11.5 Å². The standard InChI is InChI=1S/C23H27NO2/c1-8-15(4)11-21(17(6)25)23(22(14(2)3)18(7)26)20-10-9-19(13-24)12-16(20)5/h8-12,23,25H,6H2,1-5,7H3/b15-8-,21-11+/t23-/m1/s1. The second-order valence-electron chi connectivity index (χ2n) is 6.67. The number of rotatable bonds is 6. The van der Waals surface area contributed by atoms with Crippen molar-refractivity contribution < 1.29 is 9.90 Å². The number of carbonyl (C=O) groups is 1. The van der Waals surface area contributed by atoms with Gasteiger partial charge in [-0.2, -0.15) is 5.26 Å². The summed E-state index contributed by atoms with van der Waals surface area (Å²) in [6.45, 7) is 14.8. The predicted molar refractivity (Wildman–Crippen MR) is 107 cm³/mol. The molecule has 26 heavy (non-hydrogen) atoms. The molecule has 0 amide bonds. The van der Waals surface area contributed by atoms with Crippen LogP contribution in [-0.4, -0.2) is 10.9 Å². The van der Waals surface area contributed by atoms with Crippen LogP contribution in [0.4, 0.5) is 0 Å². The van der Waals surface area contributed by atoms with Crippen molar-refractivity contribution in [3.05, 3.63) is 81.7 Å². The summed E-state index contributed by atoms with van der Waals surface area (Å²) < 4.78 is 0. The third-order valence-corrected chi connectivity index (χ3v) is 4.40. The third kappa shape index (κ3) is 4.83. The summed E-state index contributed by atoms with van der Waals surface area (Å²) in [5.41, 5.74) is 5.38. The van der Waals surface area contributed by atoms with Gasteiger partial charge in [0.05, 0.1) is 11.6 Å². The maximum atomic E-state index is 12.5. The molecule has 0 saturated heterocycles. The van der Waals surface area contributed by atoms with Gasteiger partial charge in [-0.15, -0.1) is 0 Å². The fraction of sp³-hybridized carbons (Fsp3) is 0.304. The number of nitrogens with zero attached hydrogens (tertiary/aromatic N) is 1. The Bertz CT molecular complexity index is 857. The zero-order chi connectivity index (χ0) is 20.0. The van der Waals surface area contributed by atoms with Gasteiger partial charge < -0.3 is 5.11 Å².